The van der Waals surface area contributed by atoms with Crippen LogP contribution in [0.1, 0.15) is 38.5 Å². The van der Waals surface area contributed by atoms with Gasteiger partial charge in [-0.1, -0.05) is 0 Å². The number of piperidine rings is 2. The fourth-order valence-corrected chi connectivity index (χ4v) is 5.05. The highest BCUT2D eigenvalue weighted by Crippen LogP contribution is 2.38. The van der Waals surface area contributed by atoms with Crippen LogP contribution in [0.5, 0.6) is 0 Å². The van der Waals surface area contributed by atoms with Gasteiger partial charge >= 0.3 is 11.9 Å². The van der Waals surface area contributed by atoms with Gasteiger partial charge in [0, 0.05) is 13.1 Å². The van der Waals surface area contributed by atoms with Gasteiger partial charge in [-0.2, -0.15) is 0 Å². The third-order valence-corrected chi connectivity index (χ3v) is 6.77. The smallest absolute Gasteiger partial charge is 0.414 e. The van der Waals surface area contributed by atoms with E-state index >= 15 is 0 Å². The number of carboxylic acid groups (broad SMARTS) is 2. The Morgan fingerprint density at radius 2 is 1.00 bits per heavy atom. The highest BCUT2D eigenvalue weighted by atomic mass is 16.4. The van der Waals surface area contributed by atoms with Crippen LogP contribution in [-0.2, 0) is 9.59 Å². The van der Waals surface area contributed by atoms with Gasteiger partial charge in [0.1, 0.15) is 0 Å². The molecule has 0 aromatic rings. The second kappa shape index (κ2) is 10.5. The number of nitrogens with one attached hydrogen (secondary N) is 2. The van der Waals surface area contributed by atoms with Crippen LogP contribution < -0.4 is 10.6 Å². The van der Waals surface area contributed by atoms with Crippen LogP contribution in [0.4, 0.5) is 0 Å². The molecular formula is C20H38N4O4. The van der Waals surface area contributed by atoms with E-state index < -0.39 is 11.9 Å². The SMILES string of the molecule is CN1CCC2(CCNCC2)C1.CN1CCC2(CCNCC2)C1.O=C(O)C(=O)O. The van der Waals surface area contributed by atoms with Gasteiger partial charge in [-0.15, -0.1) is 0 Å². The maximum Gasteiger partial charge on any atom is 0.414 e. The molecule has 0 atom stereocenters. The minimum atomic E-state index is -1.82. The van der Waals surface area contributed by atoms with Gasteiger partial charge in [0.05, 0.1) is 0 Å². The summed E-state index contributed by atoms with van der Waals surface area (Å²) in [5, 5.41) is 21.6. The molecule has 0 aromatic carbocycles. The fourth-order valence-electron chi connectivity index (χ4n) is 5.05. The summed E-state index contributed by atoms with van der Waals surface area (Å²) in [4.78, 5) is 23.2. The summed E-state index contributed by atoms with van der Waals surface area (Å²) in [5.41, 5.74) is 1.42. The second-order valence-electron chi connectivity index (χ2n) is 9.09. The predicted molar refractivity (Wildman–Crippen MR) is 109 cm³/mol. The first-order valence-corrected chi connectivity index (χ1v) is 10.5. The van der Waals surface area contributed by atoms with Crippen molar-refractivity contribution < 1.29 is 19.8 Å². The topological polar surface area (TPSA) is 105 Å². The maximum absolute atomic E-state index is 9.10. The number of hydrogen-bond donors (Lipinski definition) is 4. The summed E-state index contributed by atoms with van der Waals surface area (Å²) >= 11 is 0. The molecule has 4 saturated heterocycles. The molecule has 28 heavy (non-hydrogen) atoms. The van der Waals surface area contributed by atoms with Gasteiger partial charge in [0.25, 0.3) is 0 Å². The molecule has 2 spiro atoms. The summed E-state index contributed by atoms with van der Waals surface area (Å²) in [6, 6.07) is 0. The summed E-state index contributed by atoms with van der Waals surface area (Å²) in [7, 11) is 4.49. The summed E-state index contributed by atoms with van der Waals surface area (Å²) in [5.74, 6) is -3.65. The molecule has 4 aliphatic rings. The molecule has 0 aliphatic carbocycles. The molecule has 0 aromatic heterocycles. The molecule has 0 amide bonds. The standard InChI is InChI=1S/2C9H18N2.C2H2O4/c2*1-11-7-4-9(8-11)2-5-10-6-3-9;3-1(4)2(5)6/h2*10H,2-8H2,1H3;(H,3,4)(H,5,6). The molecule has 0 unspecified atom stereocenters. The van der Waals surface area contributed by atoms with Crippen molar-refractivity contribution in [2.45, 2.75) is 38.5 Å². The van der Waals surface area contributed by atoms with E-state index in [-0.39, 0.29) is 0 Å². The third kappa shape index (κ3) is 6.99. The van der Waals surface area contributed by atoms with Crippen LogP contribution in [0.3, 0.4) is 0 Å². The lowest BCUT2D eigenvalue weighted by Gasteiger charge is -2.33. The van der Waals surface area contributed by atoms with E-state index in [0.717, 1.165) is 0 Å². The molecule has 0 saturated carbocycles. The zero-order chi connectivity index (χ0) is 20.6. The molecule has 4 fully saturated rings. The molecule has 4 N–H and O–H groups in total. The minimum absolute atomic E-state index is 0.708. The van der Waals surface area contributed by atoms with E-state index in [1.54, 1.807) is 0 Å². The van der Waals surface area contributed by atoms with Gasteiger partial charge in [-0.3, -0.25) is 0 Å². The Bertz CT molecular complexity index is 459. The first kappa shape index (κ1) is 23.1. The number of hydrogen-bond acceptors (Lipinski definition) is 6. The number of nitrogens with zero attached hydrogens (tertiary/aromatic N) is 2. The number of carboxylic acids is 2. The average Bonchev–Trinajstić information content (AvgIpc) is 3.20. The van der Waals surface area contributed by atoms with Gasteiger partial charge in [-0.25, -0.2) is 9.59 Å². The number of rotatable bonds is 0. The van der Waals surface area contributed by atoms with E-state index in [0.29, 0.717) is 10.8 Å². The number of carbonyl (C=O) groups is 2. The quantitative estimate of drug-likeness (QED) is 0.438. The molecule has 162 valence electrons. The summed E-state index contributed by atoms with van der Waals surface area (Å²) in [6.07, 6.45) is 8.47. The van der Waals surface area contributed by atoms with Crippen LogP contribution in [-0.4, -0.2) is 98.4 Å². The van der Waals surface area contributed by atoms with Crippen LogP contribution >= 0.6 is 0 Å². The largest absolute Gasteiger partial charge is 0.473 e. The van der Waals surface area contributed by atoms with Crippen molar-refractivity contribution in [2.75, 3.05) is 66.5 Å². The Kier molecular flexibility index (Phi) is 8.67. The lowest BCUT2D eigenvalue weighted by Crippen LogP contribution is -2.38. The van der Waals surface area contributed by atoms with E-state index in [2.05, 4.69) is 34.5 Å². The van der Waals surface area contributed by atoms with Gasteiger partial charge in [0.2, 0.25) is 0 Å². The first-order chi connectivity index (χ1) is 13.3. The minimum Gasteiger partial charge on any atom is -0.473 e. The van der Waals surface area contributed by atoms with Crippen molar-refractivity contribution in [2.24, 2.45) is 10.8 Å². The zero-order valence-corrected chi connectivity index (χ0v) is 17.5. The summed E-state index contributed by atoms with van der Waals surface area (Å²) in [6.45, 7) is 10.3. The van der Waals surface area contributed by atoms with Crippen molar-refractivity contribution in [3.05, 3.63) is 0 Å². The second-order valence-corrected chi connectivity index (χ2v) is 9.09. The van der Waals surface area contributed by atoms with Gasteiger partial charge in [0.15, 0.2) is 0 Å². The number of aliphatic carboxylic acids is 2. The van der Waals surface area contributed by atoms with E-state index in [9.17, 15) is 0 Å². The molecule has 0 bridgehead atoms. The Balaban J connectivity index is 0.000000158. The van der Waals surface area contributed by atoms with E-state index in [1.165, 1.54) is 90.9 Å². The zero-order valence-electron chi connectivity index (χ0n) is 17.5. The molecular weight excluding hydrogens is 360 g/mol. The average molecular weight is 399 g/mol. The Morgan fingerprint density at radius 3 is 1.21 bits per heavy atom. The molecule has 0 radical (unpaired) electrons. The van der Waals surface area contributed by atoms with Crippen molar-refractivity contribution in [3.8, 4) is 0 Å². The van der Waals surface area contributed by atoms with Crippen LogP contribution in [0, 0.1) is 10.8 Å². The maximum atomic E-state index is 9.10. The highest BCUT2D eigenvalue weighted by molar-refractivity contribution is 6.27. The Labute approximate surface area is 168 Å². The van der Waals surface area contributed by atoms with Crippen molar-refractivity contribution in [1.29, 1.82) is 0 Å². The molecule has 4 aliphatic heterocycles. The number of likely N-dealkylation sites (tertiary alicyclic amines) is 2. The molecule has 4 rings (SSSR count). The van der Waals surface area contributed by atoms with Crippen molar-refractivity contribution in [1.82, 2.24) is 20.4 Å². The molecule has 4 heterocycles. The highest BCUT2D eigenvalue weighted by Gasteiger charge is 2.38. The van der Waals surface area contributed by atoms with E-state index in [4.69, 9.17) is 19.8 Å². The van der Waals surface area contributed by atoms with Crippen LogP contribution in [0.15, 0.2) is 0 Å². The van der Waals surface area contributed by atoms with Gasteiger partial charge < -0.3 is 30.6 Å². The van der Waals surface area contributed by atoms with Gasteiger partial charge in [-0.05, 0) is 103 Å². The molecule has 8 nitrogen and oxygen atoms in total. The third-order valence-electron chi connectivity index (χ3n) is 6.77. The van der Waals surface area contributed by atoms with Crippen LogP contribution in [0.25, 0.3) is 0 Å². The fraction of sp³-hybridized carbons (Fsp3) is 0.900. The molecule has 8 heteroatoms. The van der Waals surface area contributed by atoms with E-state index in [1.807, 2.05) is 0 Å². The lowest BCUT2D eigenvalue weighted by atomic mass is 9.78. The van der Waals surface area contributed by atoms with Crippen molar-refractivity contribution >= 4 is 11.9 Å². The first-order valence-electron chi connectivity index (χ1n) is 10.5. The van der Waals surface area contributed by atoms with Crippen molar-refractivity contribution in [3.63, 3.8) is 0 Å². The normalized spacial score (nSPS) is 26.2. The summed E-state index contributed by atoms with van der Waals surface area (Å²) < 4.78 is 0. The van der Waals surface area contributed by atoms with Crippen LogP contribution in [0.2, 0.25) is 0 Å². The monoisotopic (exact) mass is 398 g/mol. The predicted octanol–water partition coefficient (Wildman–Crippen LogP) is 0.539. The Hall–Kier alpha value is -1.22. The Morgan fingerprint density at radius 1 is 0.679 bits per heavy atom. The lowest BCUT2D eigenvalue weighted by molar-refractivity contribution is -0.159.